The molecule has 122 valence electrons. The summed E-state index contributed by atoms with van der Waals surface area (Å²) in [6.07, 6.45) is 4.22. The van der Waals surface area contributed by atoms with Crippen molar-refractivity contribution in [3.05, 3.63) is 83.2 Å². The molecule has 1 aliphatic heterocycles. The van der Waals surface area contributed by atoms with Crippen molar-refractivity contribution in [3.63, 3.8) is 0 Å². The van der Waals surface area contributed by atoms with Crippen molar-refractivity contribution >= 4 is 11.6 Å². The Kier molecular flexibility index (Phi) is 3.21. The van der Waals surface area contributed by atoms with E-state index in [1.807, 2.05) is 15.3 Å². The van der Waals surface area contributed by atoms with Crippen LogP contribution in [-0.4, -0.2) is 24.3 Å². The Morgan fingerprint density at radius 1 is 1.00 bits per heavy atom. The maximum atomic E-state index is 6.28. The fraction of sp³-hybridized carbons (Fsp3) is 0.105. The number of benzene rings is 2. The molecule has 0 bridgehead atoms. The largest absolute Gasteiger partial charge is 0.299 e. The van der Waals surface area contributed by atoms with Crippen LogP contribution in [0.1, 0.15) is 16.8 Å². The van der Waals surface area contributed by atoms with E-state index in [0.717, 1.165) is 29.2 Å². The molecule has 0 radical (unpaired) electrons. The standard InChI is InChI=1S/C19H14ClN5/c20-18-17-10-25-19(21-11-23-25)15-9-14(8-13-4-2-1-3-5-13)6-7-16(15)24(17)12-22-18/h1-7,9,11-12H,8,10H2. The second-order valence-electron chi connectivity index (χ2n) is 6.11. The van der Waals surface area contributed by atoms with E-state index in [2.05, 4.69) is 57.5 Å². The predicted octanol–water partition coefficient (Wildman–Crippen LogP) is 3.74. The lowest BCUT2D eigenvalue weighted by atomic mass is 10.0. The van der Waals surface area contributed by atoms with E-state index >= 15 is 0 Å². The Bertz CT molecular complexity index is 1060. The van der Waals surface area contributed by atoms with Crippen LogP contribution in [0.3, 0.4) is 0 Å². The summed E-state index contributed by atoms with van der Waals surface area (Å²) in [5.41, 5.74) is 5.50. The number of hydrogen-bond donors (Lipinski definition) is 0. The van der Waals surface area contributed by atoms with Gasteiger partial charge in [0.2, 0.25) is 0 Å². The second kappa shape index (κ2) is 5.57. The molecule has 5 nitrogen and oxygen atoms in total. The molecule has 5 rings (SSSR count). The summed E-state index contributed by atoms with van der Waals surface area (Å²) in [4.78, 5) is 8.73. The van der Waals surface area contributed by atoms with E-state index < -0.39 is 0 Å². The Balaban J connectivity index is 1.68. The first-order valence-corrected chi connectivity index (χ1v) is 8.44. The molecule has 1 aliphatic rings. The van der Waals surface area contributed by atoms with Crippen molar-refractivity contribution in [2.45, 2.75) is 13.0 Å². The van der Waals surface area contributed by atoms with Crippen LogP contribution in [0.25, 0.3) is 17.1 Å². The van der Waals surface area contributed by atoms with Gasteiger partial charge in [0, 0.05) is 5.56 Å². The third kappa shape index (κ3) is 2.36. The van der Waals surface area contributed by atoms with Crippen molar-refractivity contribution in [2.75, 3.05) is 0 Å². The van der Waals surface area contributed by atoms with Gasteiger partial charge in [-0.15, -0.1) is 0 Å². The molecule has 2 aromatic carbocycles. The predicted molar refractivity (Wildman–Crippen MR) is 95.9 cm³/mol. The van der Waals surface area contributed by atoms with E-state index in [4.69, 9.17) is 11.6 Å². The zero-order chi connectivity index (χ0) is 16.8. The molecule has 4 aromatic rings. The van der Waals surface area contributed by atoms with Crippen LogP contribution in [0.4, 0.5) is 0 Å². The molecule has 0 aliphatic carbocycles. The van der Waals surface area contributed by atoms with Crippen LogP contribution in [-0.2, 0) is 13.0 Å². The molecular formula is C19H14ClN5. The Labute approximate surface area is 149 Å². The number of halogens is 1. The molecule has 3 heterocycles. The molecule has 0 fully saturated rings. The lowest BCUT2D eigenvalue weighted by Gasteiger charge is -2.11. The third-order valence-electron chi connectivity index (χ3n) is 4.54. The molecule has 0 N–H and O–H groups in total. The number of imidazole rings is 1. The highest BCUT2D eigenvalue weighted by Crippen LogP contribution is 2.33. The lowest BCUT2D eigenvalue weighted by Crippen LogP contribution is -2.04. The summed E-state index contributed by atoms with van der Waals surface area (Å²) in [5.74, 6) is 0.852. The molecule has 0 unspecified atom stereocenters. The molecule has 0 saturated carbocycles. The highest BCUT2D eigenvalue weighted by Gasteiger charge is 2.23. The molecule has 25 heavy (non-hydrogen) atoms. The fourth-order valence-corrected chi connectivity index (χ4v) is 3.54. The molecular weight excluding hydrogens is 334 g/mol. The van der Waals surface area contributed by atoms with E-state index in [9.17, 15) is 0 Å². The first kappa shape index (κ1) is 14.4. The minimum absolute atomic E-state index is 0.502. The van der Waals surface area contributed by atoms with E-state index in [-0.39, 0.29) is 0 Å². The summed E-state index contributed by atoms with van der Waals surface area (Å²) >= 11 is 6.28. The van der Waals surface area contributed by atoms with E-state index in [1.165, 1.54) is 11.1 Å². The van der Waals surface area contributed by atoms with Gasteiger partial charge in [0.25, 0.3) is 0 Å². The first-order chi connectivity index (χ1) is 12.3. The lowest BCUT2D eigenvalue weighted by molar-refractivity contribution is 0.677. The number of nitrogens with zero attached hydrogens (tertiary/aromatic N) is 5. The van der Waals surface area contributed by atoms with Crippen molar-refractivity contribution in [2.24, 2.45) is 0 Å². The van der Waals surface area contributed by atoms with Crippen molar-refractivity contribution < 1.29 is 0 Å². The van der Waals surface area contributed by atoms with Gasteiger partial charge in [-0.2, -0.15) is 5.10 Å². The Hall–Kier alpha value is -2.92. The average molecular weight is 348 g/mol. The number of rotatable bonds is 2. The zero-order valence-corrected chi connectivity index (χ0v) is 14.1. The normalized spacial score (nSPS) is 12.2. The summed E-state index contributed by atoms with van der Waals surface area (Å²) in [6, 6.07) is 16.9. The smallest absolute Gasteiger partial charge is 0.160 e. The highest BCUT2D eigenvalue weighted by atomic mass is 35.5. The Morgan fingerprint density at radius 2 is 1.88 bits per heavy atom. The number of hydrogen-bond acceptors (Lipinski definition) is 3. The van der Waals surface area contributed by atoms with Crippen LogP contribution in [0.2, 0.25) is 5.15 Å². The van der Waals surface area contributed by atoms with Gasteiger partial charge in [0.05, 0.1) is 17.9 Å². The average Bonchev–Trinajstić information content (AvgIpc) is 3.21. The molecule has 0 amide bonds. The third-order valence-corrected chi connectivity index (χ3v) is 4.86. The maximum absolute atomic E-state index is 6.28. The van der Waals surface area contributed by atoms with Crippen molar-refractivity contribution in [1.29, 1.82) is 0 Å². The van der Waals surface area contributed by atoms with Gasteiger partial charge in [-0.25, -0.2) is 14.6 Å². The highest BCUT2D eigenvalue weighted by molar-refractivity contribution is 6.30. The van der Waals surface area contributed by atoms with E-state index in [0.29, 0.717) is 11.7 Å². The maximum Gasteiger partial charge on any atom is 0.160 e. The quantitative estimate of drug-likeness (QED) is 0.489. The topological polar surface area (TPSA) is 48.5 Å². The zero-order valence-electron chi connectivity index (χ0n) is 13.3. The minimum atomic E-state index is 0.502. The summed E-state index contributed by atoms with van der Waals surface area (Å²) in [6.45, 7) is 0.552. The molecule has 0 saturated heterocycles. The van der Waals surface area contributed by atoms with Gasteiger partial charge in [0.15, 0.2) is 11.0 Å². The van der Waals surface area contributed by atoms with Gasteiger partial charge < -0.3 is 0 Å². The van der Waals surface area contributed by atoms with Crippen molar-refractivity contribution in [1.82, 2.24) is 24.3 Å². The summed E-state index contributed by atoms with van der Waals surface area (Å²) < 4.78 is 3.90. The minimum Gasteiger partial charge on any atom is -0.299 e. The van der Waals surface area contributed by atoms with Gasteiger partial charge in [-0.3, -0.25) is 4.57 Å². The molecule has 2 aromatic heterocycles. The Morgan fingerprint density at radius 3 is 2.76 bits per heavy atom. The van der Waals surface area contributed by atoms with Crippen LogP contribution >= 0.6 is 11.6 Å². The first-order valence-electron chi connectivity index (χ1n) is 8.07. The SMILES string of the molecule is Clc1ncn2c1Cn1ncnc1-c1cc(Cc3ccccc3)ccc1-2. The van der Waals surface area contributed by atoms with Gasteiger partial charge in [-0.1, -0.05) is 48.0 Å². The second-order valence-corrected chi connectivity index (χ2v) is 6.47. The summed E-state index contributed by atoms with van der Waals surface area (Å²) in [5, 5.41) is 4.86. The fourth-order valence-electron chi connectivity index (χ4n) is 3.35. The van der Waals surface area contributed by atoms with Crippen LogP contribution < -0.4 is 0 Å². The number of fused-ring (bicyclic) bond motifs is 5. The van der Waals surface area contributed by atoms with Gasteiger partial charge in [-0.05, 0) is 29.7 Å². The molecule has 0 atom stereocenters. The monoisotopic (exact) mass is 347 g/mol. The molecule has 0 spiro atoms. The number of aromatic nitrogens is 5. The van der Waals surface area contributed by atoms with Crippen LogP contribution in [0.5, 0.6) is 0 Å². The van der Waals surface area contributed by atoms with E-state index in [1.54, 1.807) is 12.7 Å². The molecule has 6 heteroatoms. The van der Waals surface area contributed by atoms with Crippen molar-refractivity contribution in [3.8, 4) is 17.1 Å². The van der Waals surface area contributed by atoms with Crippen LogP contribution in [0.15, 0.2) is 61.2 Å². The van der Waals surface area contributed by atoms with Crippen LogP contribution in [0, 0.1) is 0 Å². The van der Waals surface area contributed by atoms with Gasteiger partial charge in [0.1, 0.15) is 12.7 Å². The van der Waals surface area contributed by atoms with Gasteiger partial charge >= 0.3 is 0 Å². The summed E-state index contributed by atoms with van der Waals surface area (Å²) in [7, 11) is 0.